The Morgan fingerprint density at radius 2 is 2.23 bits per heavy atom. The van der Waals surface area contributed by atoms with Crippen molar-refractivity contribution >= 4 is 28.1 Å². The molecule has 3 aliphatic rings. The molecular formula is C19H21N5OS. The van der Waals surface area contributed by atoms with Crippen LogP contribution in [0.3, 0.4) is 0 Å². The molecule has 6 rings (SSSR count). The Labute approximate surface area is 155 Å². The van der Waals surface area contributed by atoms with Gasteiger partial charge in [0.15, 0.2) is 5.69 Å². The molecule has 3 saturated heterocycles. The molecule has 2 aromatic heterocycles. The summed E-state index contributed by atoms with van der Waals surface area (Å²) in [5.74, 6) is 1.25. The third-order valence-corrected chi connectivity index (χ3v) is 6.60. The molecule has 1 atom stereocenters. The minimum Gasteiger partial charge on any atom is -0.350 e. The first-order chi connectivity index (χ1) is 12.8. The van der Waals surface area contributed by atoms with Crippen LogP contribution in [0, 0.1) is 11.8 Å². The van der Waals surface area contributed by atoms with Gasteiger partial charge in [-0.2, -0.15) is 5.10 Å². The number of H-pyrrole nitrogens is 1. The van der Waals surface area contributed by atoms with E-state index in [1.165, 1.54) is 25.9 Å². The van der Waals surface area contributed by atoms with Gasteiger partial charge in [0, 0.05) is 35.6 Å². The van der Waals surface area contributed by atoms with Crippen LogP contribution in [-0.4, -0.2) is 52.2 Å². The minimum atomic E-state index is -0.0882. The Hall–Kier alpha value is -2.25. The predicted molar refractivity (Wildman–Crippen MR) is 102 cm³/mol. The maximum atomic E-state index is 12.7. The summed E-state index contributed by atoms with van der Waals surface area (Å²) in [6, 6.07) is 5.96. The highest BCUT2D eigenvalue weighted by molar-refractivity contribution is 7.13. The van der Waals surface area contributed by atoms with Crippen LogP contribution in [-0.2, 0) is 0 Å². The van der Waals surface area contributed by atoms with Gasteiger partial charge in [-0.05, 0) is 49.9 Å². The van der Waals surface area contributed by atoms with E-state index < -0.39 is 0 Å². The number of rotatable bonds is 4. The fourth-order valence-electron chi connectivity index (χ4n) is 4.32. The maximum Gasteiger partial charge on any atom is 0.272 e. The number of piperidine rings is 3. The Balaban J connectivity index is 1.31. The van der Waals surface area contributed by atoms with E-state index in [0.717, 1.165) is 40.5 Å². The van der Waals surface area contributed by atoms with E-state index in [9.17, 15) is 4.79 Å². The Kier molecular flexibility index (Phi) is 3.98. The van der Waals surface area contributed by atoms with Gasteiger partial charge in [-0.25, -0.2) is 4.98 Å². The summed E-state index contributed by atoms with van der Waals surface area (Å²) in [5.41, 5.74) is 2.38. The molecule has 0 aliphatic carbocycles. The van der Waals surface area contributed by atoms with Crippen molar-refractivity contribution in [3.63, 3.8) is 0 Å². The molecule has 1 amide bonds. The lowest BCUT2D eigenvalue weighted by atomic mass is 9.79. The first-order valence-electron chi connectivity index (χ1n) is 9.16. The number of carbonyl (C=O) groups excluding carboxylic acids is 1. The summed E-state index contributed by atoms with van der Waals surface area (Å²) in [6.45, 7) is 4.30. The third-order valence-electron chi connectivity index (χ3n) is 5.77. The van der Waals surface area contributed by atoms with E-state index in [4.69, 9.17) is 0 Å². The molecule has 1 aromatic carbocycles. The first kappa shape index (κ1) is 16.0. The number of hydrogen-bond donors (Lipinski definition) is 2. The fraction of sp³-hybridized carbons (Fsp3) is 0.421. The summed E-state index contributed by atoms with van der Waals surface area (Å²) in [5, 5.41) is 14.2. The van der Waals surface area contributed by atoms with E-state index >= 15 is 0 Å². The number of nitrogens with one attached hydrogen (secondary N) is 2. The number of fused-ring (bicyclic) bond motifs is 4. The monoisotopic (exact) mass is 367 g/mol. The van der Waals surface area contributed by atoms with Crippen LogP contribution in [0.1, 0.15) is 23.3 Å². The summed E-state index contributed by atoms with van der Waals surface area (Å²) in [7, 11) is 0. The van der Waals surface area contributed by atoms with Gasteiger partial charge in [0.05, 0.1) is 5.52 Å². The highest BCUT2D eigenvalue weighted by Gasteiger charge is 2.34. The second-order valence-electron chi connectivity index (χ2n) is 7.28. The van der Waals surface area contributed by atoms with E-state index in [0.29, 0.717) is 11.6 Å². The molecule has 6 nitrogen and oxygen atoms in total. The van der Waals surface area contributed by atoms with Crippen LogP contribution < -0.4 is 5.32 Å². The number of benzene rings is 1. The number of nitrogens with zero attached hydrogens (tertiary/aromatic N) is 3. The summed E-state index contributed by atoms with van der Waals surface area (Å²) < 4.78 is 0. The Bertz CT molecular complexity index is 927. The Morgan fingerprint density at radius 3 is 2.96 bits per heavy atom. The average Bonchev–Trinajstić information content (AvgIpc) is 3.36. The lowest BCUT2D eigenvalue weighted by Gasteiger charge is -2.44. The number of hydrogen-bond acceptors (Lipinski definition) is 5. The van der Waals surface area contributed by atoms with Crippen molar-refractivity contribution in [3.8, 4) is 10.6 Å². The lowest BCUT2D eigenvalue weighted by molar-refractivity contribution is 0.0496. The zero-order valence-corrected chi connectivity index (χ0v) is 15.3. The second kappa shape index (κ2) is 6.48. The molecule has 3 fully saturated rings. The Morgan fingerprint density at radius 1 is 1.35 bits per heavy atom. The van der Waals surface area contributed by atoms with Gasteiger partial charge in [-0.1, -0.05) is 6.07 Å². The highest BCUT2D eigenvalue weighted by atomic mass is 32.1. The van der Waals surface area contributed by atoms with Gasteiger partial charge in [-0.15, -0.1) is 11.3 Å². The standard InChI is InChI=1S/C19H21N5OS/c25-18(21-10-14-11-24-6-3-12(14)4-7-24)17-15-2-1-13(9-16(15)22-23-17)19-20-5-8-26-19/h1-2,5,8-9,12,14H,3-4,6-7,10-11H2,(H,21,25)(H,22,23). The molecule has 26 heavy (non-hydrogen) atoms. The molecule has 2 bridgehead atoms. The lowest BCUT2D eigenvalue weighted by Crippen LogP contribution is -2.50. The van der Waals surface area contributed by atoms with E-state index in [-0.39, 0.29) is 5.91 Å². The largest absolute Gasteiger partial charge is 0.350 e. The summed E-state index contributed by atoms with van der Waals surface area (Å²) in [6.07, 6.45) is 4.33. The van der Waals surface area contributed by atoms with Crippen LogP contribution in [0.2, 0.25) is 0 Å². The number of aromatic nitrogens is 3. The van der Waals surface area contributed by atoms with Crippen LogP contribution in [0.15, 0.2) is 29.8 Å². The van der Waals surface area contributed by atoms with Gasteiger partial charge >= 0.3 is 0 Å². The quantitative estimate of drug-likeness (QED) is 0.744. The van der Waals surface area contributed by atoms with E-state index in [1.807, 2.05) is 23.6 Å². The van der Waals surface area contributed by atoms with Crippen molar-refractivity contribution < 1.29 is 4.79 Å². The first-order valence-corrected chi connectivity index (χ1v) is 10.0. The van der Waals surface area contributed by atoms with Crippen molar-refractivity contribution in [1.82, 2.24) is 25.4 Å². The SMILES string of the molecule is O=C(NCC1CN2CCC1CC2)c1n[nH]c2cc(-c3nccs3)ccc12. The topological polar surface area (TPSA) is 73.9 Å². The van der Waals surface area contributed by atoms with Crippen LogP contribution >= 0.6 is 11.3 Å². The van der Waals surface area contributed by atoms with Gasteiger partial charge < -0.3 is 10.2 Å². The van der Waals surface area contributed by atoms with Gasteiger partial charge in [0.2, 0.25) is 0 Å². The number of carbonyl (C=O) groups is 1. The molecule has 2 N–H and O–H groups in total. The van der Waals surface area contributed by atoms with Crippen LogP contribution in [0.5, 0.6) is 0 Å². The fourth-order valence-corrected chi connectivity index (χ4v) is 4.95. The predicted octanol–water partition coefficient (Wildman–Crippen LogP) is 2.76. The minimum absolute atomic E-state index is 0.0882. The van der Waals surface area contributed by atoms with Gasteiger partial charge in [0.1, 0.15) is 5.01 Å². The zero-order valence-electron chi connectivity index (χ0n) is 14.4. The van der Waals surface area contributed by atoms with Crippen molar-refractivity contribution in [2.24, 2.45) is 11.8 Å². The number of aromatic amines is 1. The number of amides is 1. The van der Waals surface area contributed by atoms with Gasteiger partial charge in [0.25, 0.3) is 5.91 Å². The average molecular weight is 367 g/mol. The molecular weight excluding hydrogens is 346 g/mol. The molecule has 0 spiro atoms. The number of thiazole rings is 1. The molecule has 5 heterocycles. The molecule has 0 saturated carbocycles. The normalized spacial score (nSPS) is 24.8. The summed E-state index contributed by atoms with van der Waals surface area (Å²) >= 11 is 1.60. The molecule has 3 aliphatic heterocycles. The highest BCUT2D eigenvalue weighted by Crippen LogP contribution is 2.32. The second-order valence-corrected chi connectivity index (χ2v) is 8.17. The third kappa shape index (κ3) is 2.81. The molecule has 134 valence electrons. The van der Waals surface area contributed by atoms with Crippen molar-refractivity contribution in [1.29, 1.82) is 0 Å². The van der Waals surface area contributed by atoms with Crippen molar-refractivity contribution in [2.45, 2.75) is 12.8 Å². The molecule has 0 radical (unpaired) electrons. The van der Waals surface area contributed by atoms with Gasteiger partial charge in [-0.3, -0.25) is 9.89 Å². The molecule has 7 heteroatoms. The maximum absolute atomic E-state index is 12.7. The van der Waals surface area contributed by atoms with E-state index in [2.05, 4.69) is 25.4 Å². The molecule has 3 aromatic rings. The van der Waals surface area contributed by atoms with Crippen LogP contribution in [0.4, 0.5) is 0 Å². The van der Waals surface area contributed by atoms with E-state index in [1.54, 1.807) is 17.5 Å². The van der Waals surface area contributed by atoms with Crippen molar-refractivity contribution in [2.75, 3.05) is 26.2 Å². The summed E-state index contributed by atoms with van der Waals surface area (Å²) in [4.78, 5) is 19.5. The van der Waals surface area contributed by atoms with Crippen LogP contribution in [0.25, 0.3) is 21.5 Å². The zero-order chi connectivity index (χ0) is 17.5. The van der Waals surface area contributed by atoms with Crippen molar-refractivity contribution in [3.05, 3.63) is 35.5 Å². The molecule has 1 unspecified atom stereocenters. The smallest absolute Gasteiger partial charge is 0.272 e.